The van der Waals surface area contributed by atoms with Gasteiger partial charge in [0, 0.05) is 35.1 Å². The maximum atomic E-state index is 12.7. The maximum absolute atomic E-state index is 12.7. The van der Waals surface area contributed by atoms with E-state index in [4.69, 9.17) is 9.15 Å². The van der Waals surface area contributed by atoms with Crippen LogP contribution in [0.2, 0.25) is 0 Å². The number of fused-ring (bicyclic) bond motifs is 3. The van der Waals surface area contributed by atoms with Gasteiger partial charge in [0.05, 0.1) is 12.0 Å². The SMILES string of the molecule is Cc1c(CC(=O)NCCc2c[nH]c3ccccc23)c(=O)oc2cc3c(cc12)CCC(C)(C)O3. The number of para-hydroxylation sites is 1. The van der Waals surface area contributed by atoms with E-state index in [0.717, 1.165) is 51.6 Å². The molecule has 1 aliphatic heterocycles. The number of hydrogen-bond donors (Lipinski definition) is 2. The summed E-state index contributed by atoms with van der Waals surface area (Å²) >= 11 is 0. The van der Waals surface area contributed by atoms with E-state index in [0.29, 0.717) is 24.1 Å². The summed E-state index contributed by atoms with van der Waals surface area (Å²) in [5.41, 5.74) is 4.33. The molecule has 0 fully saturated rings. The molecule has 0 spiro atoms. The van der Waals surface area contributed by atoms with E-state index >= 15 is 0 Å². The number of carbonyl (C=O) groups excluding carboxylic acids is 1. The largest absolute Gasteiger partial charge is 0.487 e. The molecule has 6 heteroatoms. The summed E-state index contributed by atoms with van der Waals surface area (Å²) in [6.07, 6.45) is 4.51. The molecule has 0 atom stereocenters. The van der Waals surface area contributed by atoms with Crippen molar-refractivity contribution in [2.75, 3.05) is 6.54 Å². The molecule has 5 rings (SSSR count). The number of amides is 1. The van der Waals surface area contributed by atoms with Gasteiger partial charge < -0.3 is 19.5 Å². The van der Waals surface area contributed by atoms with Gasteiger partial charge in [-0.05, 0) is 68.9 Å². The second-order valence-electron chi connectivity index (χ2n) is 9.45. The van der Waals surface area contributed by atoms with Crippen LogP contribution in [0.3, 0.4) is 0 Å². The third-order valence-corrected chi connectivity index (χ3v) is 6.58. The molecule has 3 heterocycles. The molecule has 33 heavy (non-hydrogen) atoms. The van der Waals surface area contributed by atoms with E-state index in [-0.39, 0.29) is 17.9 Å². The Balaban J connectivity index is 1.32. The molecule has 0 bridgehead atoms. The number of hydrogen-bond acceptors (Lipinski definition) is 4. The van der Waals surface area contributed by atoms with E-state index in [1.807, 2.05) is 43.5 Å². The number of aromatic nitrogens is 1. The first-order valence-corrected chi connectivity index (χ1v) is 11.4. The Morgan fingerprint density at radius 2 is 2.00 bits per heavy atom. The zero-order valence-corrected chi connectivity index (χ0v) is 19.2. The number of aryl methyl sites for hydroxylation is 2. The lowest BCUT2D eigenvalue weighted by molar-refractivity contribution is -0.120. The van der Waals surface area contributed by atoms with Crippen LogP contribution >= 0.6 is 0 Å². The molecule has 2 aromatic carbocycles. The Bertz CT molecular complexity index is 1430. The van der Waals surface area contributed by atoms with Crippen molar-refractivity contribution in [3.63, 3.8) is 0 Å². The lowest BCUT2D eigenvalue weighted by Crippen LogP contribution is -2.32. The highest BCUT2D eigenvalue weighted by molar-refractivity contribution is 5.86. The quantitative estimate of drug-likeness (QED) is 0.441. The molecular weight excluding hydrogens is 416 g/mol. The molecule has 0 aliphatic carbocycles. The highest BCUT2D eigenvalue weighted by atomic mass is 16.5. The van der Waals surface area contributed by atoms with Gasteiger partial charge in [-0.3, -0.25) is 4.79 Å². The normalized spacial score (nSPS) is 14.8. The monoisotopic (exact) mass is 444 g/mol. The van der Waals surface area contributed by atoms with Crippen molar-refractivity contribution < 1.29 is 13.9 Å². The number of benzene rings is 2. The second-order valence-corrected chi connectivity index (χ2v) is 9.45. The van der Waals surface area contributed by atoms with E-state index in [2.05, 4.69) is 30.2 Å². The summed E-state index contributed by atoms with van der Waals surface area (Å²) in [5.74, 6) is 0.580. The van der Waals surface area contributed by atoms with Gasteiger partial charge in [-0.1, -0.05) is 18.2 Å². The fourth-order valence-electron chi connectivity index (χ4n) is 4.64. The fraction of sp³-hybridized carbons (Fsp3) is 0.333. The van der Waals surface area contributed by atoms with Crippen LogP contribution in [-0.4, -0.2) is 23.0 Å². The number of aromatic amines is 1. The van der Waals surface area contributed by atoms with Crippen LogP contribution < -0.4 is 15.7 Å². The summed E-state index contributed by atoms with van der Waals surface area (Å²) in [7, 11) is 0. The third-order valence-electron chi connectivity index (χ3n) is 6.58. The zero-order valence-electron chi connectivity index (χ0n) is 19.2. The van der Waals surface area contributed by atoms with Crippen molar-refractivity contribution in [1.29, 1.82) is 0 Å². The zero-order chi connectivity index (χ0) is 23.2. The molecule has 0 radical (unpaired) electrons. The first-order valence-electron chi connectivity index (χ1n) is 11.4. The lowest BCUT2D eigenvalue weighted by atomic mass is 9.92. The fourth-order valence-corrected chi connectivity index (χ4v) is 4.64. The summed E-state index contributed by atoms with van der Waals surface area (Å²) in [5, 5.41) is 4.96. The molecule has 2 N–H and O–H groups in total. The molecule has 1 amide bonds. The number of carbonyl (C=O) groups is 1. The average molecular weight is 445 g/mol. The number of H-pyrrole nitrogens is 1. The van der Waals surface area contributed by atoms with Crippen LogP contribution in [0.25, 0.3) is 21.9 Å². The van der Waals surface area contributed by atoms with Gasteiger partial charge in [0.2, 0.25) is 5.91 Å². The van der Waals surface area contributed by atoms with Crippen molar-refractivity contribution in [2.24, 2.45) is 0 Å². The number of ether oxygens (including phenoxy) is 1. The van der Waals surface area contributed by atoms with Crippen LogP contribution in [0.1, 0.15) is 42.5 Å². The Hall–Kier alpha value is -3.54. The summed E-state index contributed by atoms with van der Waals surface area (Å²) in [4.78, 5) is 28.6. The first kappa shape index (κ1) is 21.3. The predicted molar refractivity (Wildman–Crippen MR) is 129 cm³/mol. The maximum Gasteiger partial charge on any atom is 0.340 e. The Labute approximate surface area is 191 Å². The van der Waals surface area contributed by atoms with Crippen molar-refractivity contribution >= 4 is 27.8 Å². The van der Waals surface area contributed by atoms with E-state index < -0.39 is 5.63 Å². The van der Waals surface area contributed by atoms with Crippen molar-refractivity contribution in [3.8, 4) is 5.75 Å². The minimum absolute atomic E-state index is 0.00138. The van der Waals surface area contributed by atoms with E-state index in [9.17, 15) is 9.59 Å². The minimum Gasteiger partial charge on any atom is -0.487 e. The van der Waals surface area contributed by atoms with Gasteiger partial charge in [-0.15, -0.1) is 0 Å². The smallest absolute Gasteiger partial charge is 0.340 e. The van der Waals surface area contributed by atoms with Gasteiger partial charge in [-0.2, -0.15) is 0 Å². The van der Waals surface area contributed by atoms with Gasteiger partial charge >= 0.3 is 5.63 Å². The van der Waals surface area contributed by atoms with Crippen LogP contribution in [0.4, 0.5) is 0 Å². The Morgan fingerprint density at radius 1 is 1.18 bits per heavy atom. The molecule has 6 nitrogen and oxygen atoms in total. The summed E-state index contributed by atoms with van der Waals surface area (Å²) in [6.45, 7) is 6.50. The Kier molecular flexibility index (Phi) is 5.23. The van der Waals surface area contributed by atoms with Gasteiger partial charge in [0.1, 0.15) is 16.9 Å². The predicted octanol–water partition coefficient (Wildman–Crippen LogP) is 4.59. The third kappa shape index (κ3) is 4.13. The Morgan fingerprint density at radius 3 is 2.85 bits per heavy atom. The molecule has 0 saturated carbocycles. The van der Waals surface area contributed by atoms with Crippen LogP contribution in [0.5, 0.6) is 5.75 Å². The molecule has 0 unspecified atom stereocenters. The van der Waals surface area contributed by atoms with Crippen molar-refractivity contribution in [2.45, 2.75) is 52.1 Å². The van der Waals surface area contributed by atoms with Crippen molar-refractivity contribution in [3.05, 3.63) is 75.3 Å². The summed E-state index contributed by atoms with van der Waals surface area (Å²) < 4.78 is 11.7. The molecule has 2 aromatic heterocycles. The van der Waals surface area contributed by atoms with E-state index in [1.54, 1.807) is 0 Å². The standard InChI is InChI=1S/C27H28N2O4/c1-16-20-12-17-8-10-27(2,3)33-23(17)14-24(20)32-26(31)21(16)13-25(30)28-11-9-18-15-29-22-7-5-4-6-19(18)22/h4-7,12,14-15,29H,8-11,13H2,1-3H3,(H,28,30). The lowest BCUT2D eigenvalue weighted by Gasteiger charge is -2.32. The van der Waals surface area contributed by atoms with Gasteiger partial charge in [0.15, 0.2) is 0 Å². The highest BCUT2D eigenvalue weighted by Crippen LogP contribution is 2.36. The van der Waals surface area contributed by atoms with E-state index in [1.165, 1.54) is 0 Å². The van der Waals surface area contributed by atoms with Gasteiger partial charge in [0.25, 0.3) is 0 Å². The molecule has 170 valence electrons. The van der Waals surface area contributed by atoms with Crippen LogP contribution in [0.15, 0.2) is 51.8 Å². The summed E-state index contributed by atoms with van der Waals surface area (Å²) in [6, 6.07) is 11.9. The minimum atomic E-state index is -0.471. The highest BCUT2D eigenvalue weighted by Gasteiger charge is 2.27. The number of rotatable bonds is 5. The van der Waals surface area contributed by atoms with Crippen LogP contribution in [-0.2, 0) is 24.1 Å². The average Bonchev–Trinajstić information content (AvgIpc) is 3.18. The molecule has 1 aliphatic rings. The van der Waals surface area contributed by atoms with Gasteiger partial charge in [-0.25, -0.2) is 4.79 Å². The number of nitrogens with one attached hydrogen (secondary N) is 2. The van der Waals surface area contributed by atoms with Crippen molar-refractivity contribution in [1.82, 2.24) is 10.3 Å². The van der Waals surface area contributed by atoms with Crippen LogP contribution in [0, 0.1) is 6.92 Å². The first-order chi connectivity index (χ1) is 15.8. The molecule has 0 saturated heterocycles. The topological polar surface area (TPSA) is 84.3 Å². The molecule has 4 aromatic rings. The second kappa shape index (κ2) is 8.10. The molecular formula is C27H28N2O4.